The molecule has 0 aliphatic rings. The molecule has 0 saturated heterocycles. The number of hydrogen-bond donors (Lipinski definition) is 2. The highest BCUT2D eigenvalue weighted by Gasteiger charge is 2.16. The molecule has 6 nitrogen and oxygen atoms in total. The molecule has 23 heavy (non-hydrogen) atoms. The van der Waals surface area contributed by atoms with E-state index in [9.17, 15) is 14.4 Å². The molecule has 0 aliphatic carbocycles. The number of hydrogen-bond acceptors (Lipinski definition) is 4. The van der Waals surface area contributed by atoms with E-state index in [1.807, 2.05) is 31.2 Å². The molecule has 0 unspecified atom stereocenters. The first-order valence-corrected chi connectivity index (χ1v) is 8.30. The van der Waals surface area contributed by atoms with Gasteiger partial charge in [0.1, 0.15) is 0 Å². The number of carbonyl (C=O) groups excluding carboxylic acids is 3. The average Bonchev–Trinajstić information content (AvgIpc) is 2.51. The molecule has 126 valence electrons. The Balaban J connectivity index is 2.32. The third kappa shape index (κ3) is 7.19. The molecular formula is C16H23N3O3S. The van der Waals surface area contributed by atoms with E-state index in [0.29, 0.717) is 0 Å². The molecule has 2 N–H and O–H groups in total. The number of benzene rings is 1. The first kappa shape index (κ1) is 19.0. The summed E-state index contributed by atoms with van der Waals surface area (Å²) in [6, 6.07) is 7.50. The minimum absolute atomic E-state index is 0.0354. The maximum atomic E-state index is 11.9. The van der Waals surface area contributed by atoms with Crippen molar-refractivity contribution in [1.29, 1.82) is 0 Å². The van der Waals surface area contributed by atoms with Crippen molar-refractivity contribution in [3.8, 4) is 0 Å². The smallest absolute Gasteiger partial charge is 0.241 e. The number of likely N-dealkylation sites (N-methyl/N-ethyl adjacent to an activating group) is 1. The average molecular weight is 337 g/mol. The first-order chi connectivity index (χ1) is 10.8. The maximum Gasteiger partial charge on any atom is 0.241 e. The largest absolute Gasteiger partial charge is 0.347 e. The van der Waals surface area contributed by atoms with Crippen LogP contribution in [0, 0.1) is 6.92 Å². The van der Waals surface area contributed by atoms with Gasteiger partial charge in [-0.25, -0.2) is 0 Å². The fourth-order valence-electron chi connectivity index (χ4n) is 1.57. The lowest BCUT2D eigenvalue weighted by molar-refractivity contribution is -0.130. The minimum Gasteiger partial charge on any atom is -0.347 e. The zero-order valence-corrected chi connectivity index (χ0v) is 14.7. The summed E-state index contributed by atoms with van der Waals surface area (Å²) in [6.07, 6.45) is 0. The molecule has 0 spiro atoms. The Morgan fingerprint density at radius 2 is 1.78 bits per heavy atom. The second-order valence-electron chi connectivity index (χ2n) is 5.37. The normalized spacial score (nSPS) is 11.5. The predicted molar refractivity (Wildman–Crippen MR) is 93.4 cm³/mol. The Bertz CT molecular complexity index is 558. The van der Waals surface area contributed by atoms with Crippen molar-refractivity contribution in [3.05, 3.63) is 29.8 Å². The van der Waals surface area contributed by atoms with Crippen LogP contribution < -0.4 is 10.6 Å². The topological polar surface area (TPSA) is 78.5 Å². The zero-order chi connectivity index (χ0) is 17.4. The van der Waals surface area contributed by atoms with Crippen LogP contribution in [0.5, 0.6) is 0 Å². The van der Waals surface area contributed by atoms with Gasteiger partial charge in [-0.05, 0) is 26.0 Å². The summed E-state index contributed by atoms with van der Waals surface area (Å²) in [5, 5.41) is 4.93. The number of nitrogens with one attached hydrogen (secondary N) is 2. The molecule has 1 rings (SSSR count). The molecule has 0 fully saturated rings. The predicted octanol–water partition coefficient (Wildman–Crippen LogP) is 1.26. The number of amides is 3. The van der Waals surface area contributed by atoms with Gasteiger partial charge in [0.05, 0.1) is 17.5 Å². The van der Waals surface area contributed by atoms with Crippen molar-refractivity contribution < 1.29 is 14.4 Å². The lowest BCUT2D eigenvalue weighted by Crippen LogP contribution is -2.39. The highest BCUT2D eigenvalue weighted by molar-refractivity contribution is 8.01. The SMILES string of the molecule is Cc1ccc(NC(=O)CS[C@@H](C)C(=O)NCC(=O)N(C)C)cc1. The Hall–Kier alpha value is -2.02. The summed E-state index contributed by atoms with van der Waals surface area (Å²) in [4.78, 5) is 36.5. The fourth-order valence-corrected chi connectivity index (χ4v) is 2.28. The Labute approximate surface area is 141 Å². The highest BCUT2D eigenvalue weighted by atomic mass is 32.2. The van der Waals surface area contributed by atoms with Gasteiger partial charge in [0.15, 0.2) is 0 Å². The monoisotopic (exact) mass is 337 g/mol. The molecule has 1 atom stereocenters. The number of anilines is 1. The molecule has 7 heteroatoms. The van der Waals surface area contributed by atoms with Crippen molar-refractivity contribution in [2.45, 2.75) is 19.1 Å². The molecule has 0 saturated carbocycles. The summed E-state index contributed by atoms with van der Waals surface area (Å²) in [5.41, 5.74) is 1.85. The Morgan fingerprint density at radius 1 is 1.17 bits per heavy atom. The van der Waals surface area contributed by atoms with Crippen LogP contribution in [-0.4, -0.2) is 54.3 Å². The zero-order valence-electron chi connectivity index (χ0n) is 13.9. The second-order valence-corrected chi connectivity index (χ2v) is 6.70. The van der Waals surface area contributed by atoms with Crippen molar-refractivity contribution in [3.63, 3.8) is 0 Å². The van der Waals surface area contributed by atoms with Gasteiger partial charge in [0.25, 0.3) is 0 Å². The number of aryl methyl sites for hydroxylation is 1. The van der Waals surface area contributed by atoms with Gasteiger partial charge < -0.3 is 15.5 Å². The highest BCUT2D eigenvalue weighted by Crippen LogP contribution is 2.13. The van der Waals surface area contributed by atoms with Gasteiger partial charge in [-0.3, -0.25) is 14.4 Å². The summed E-state index contributed by atoms with van der Waals surface area (Å²) < 4.78 is 0. The summed E-state index contributed by atoms with van der Waals surface area (Å²) >= 11 is 1.23. The number of thioether (sulfide) groups is 1. The van der Waals surface area contributed by atoms with E-state index < -0.39 is 5.25 Å². The number of carbonyl (C=O) groups is 3. The van der Waals surface area contributed by atoms with Crippen LogP contribution in [0.4, 0.5) is 5.69 Å². The van der Waals surface area contributed by atoms with Crippen LogP contribution in [0.3, 0.4) is 0 Å². The van der Waals surface area contributed by atoms with Gasteiger partial charge in [0, 0.05) is 19.8 Å². The molecular weight excluding hydrogens is 314 g/mol. The van der Waals surface area contributed by atoms with E-state index >= 15 is 0 Å². The first-order valence-electron chi connectivity index (χ1n) is 7.25. The van der Waals surface area contributed by atoms with E-state index in [4.69, 9.17) is 0 Å². The van der Waals surface area contributed by atoms with Crippen molar-refractivity contribution in [2.75, 3.05) is 31.7 Å². The van der Waals surface area contributed by atoms with Crippen LogP contribution in [0.2, 0.25) is 0 Å². The van der Waals surface area contributed by atoms with Crippen LogP contribution in [0.15, 0.2) is 24.3 Å². The van der Waals surface area contributed by atoms with Crippen LogP contribution >= 0.6 is 11.8 Å². The molecule has 0 aromatic heterocycles. The van der Waals surface area contributed by atoms with Gasteiger partial charge in [-0.1, -0.05) is 17.7 Å². The van der Waals surface area contributed by atoms with Gasteiger partial charge in [-0.2, -0.15) is 0 Å². The third-order valence-corrected chi connectivity index (χ3v) is 4.22. The molecule has 0 aliphatic heterocycles. The van der Waals surface area contributed by atoms with Crippen LogP contribution in [0.25, 0.3) is 0 Å². The van der Waals surface area contributed by atoms with Crippen LogP contribution in [-0.2, 0) is 14.4 Å². The van der Waals surface area contributed by atoms with Crippen molar-refractivity contribution in [1.82, 2.24) is 10.2 Å². The molecule has 1 aromatic rings. The van der Waals surface area contributed by atoms with Crippen molar-refractivity contribution >= 4 is 35.2 Å². The number of nitrogens with zero attached hydrogens (tertiary/aromatic N) is 1. The van der Waals surface area contributed by atoms with Gasteiger partial charge in [-0.15, -0.1) is 11.8 Å². The summed E-state index contributed by atoms with van der Waals surface area (Å²) in [6.45, 7) is 3.65. The summed E-state index contributed by atoms with van der Waals surface area (Å²) in [7, 11) is 3.25. The van der Waals surface area contributed by atoms with Gasteiger partial charge >= 0.3 is 0 Å². The van der Waals surface area contributed by atoms with E-state index in [0.717, 1.165) is 11.3 Å². The molecule has 0 bridgehead atoms. The standard InChI is InChI=1S/C16H23N3O3S/c1-11-5-7-13(8-6-11)18-14(20)10-23-12(2)16(22)17-9-15(21)19(3)4/h5-8,12H,9-10H2,1-4H3,(H,17,22)(H,18,20)/t12-/m0/s1. The molecule has 0 heterocycles. The lowest BCUT2D eigenvalue weighted by Gasteiger charge is -2.14. The molecule has 1 aromatic carbocycles. The number of rotatable bonds is 7. The molecule has 0 radical (unpaired) electrons. The van der Waals surface area contributed by atoms with E-state index in [2.05, 4.69) is 10.6 Å². The molecule has 3 amide bonds. The summed E-state index contributed by atoms with van der Waals surface area (Å²) in [5.74, 6) is -0.423. The van der Waals surface area contributed by atoms with Crippen molar-refractivity contribution in [2.24, 2.45) is 0 Å². The third-order valence-electron chi connectivity index (χ3n) is 3.08. The Kier molecular flexibility index (Phi) is 7.61. The minimum atomic E-state index is -0.409. The second kappa shape index (κ2) is 9.19. The Morgan fingerprint density at radius 3 is 2.35 bits per heavy atom. The quantitative estimate of drug-likeness (QED) is 0.785. The van der Waals surface area contributed by atoms with Gasteiger partial charge in [0.2, 0.25) is 17.7 Å². The maximum absolute atomic E-state index is 11.9. The van der Waals surface area contributed by atoms with E-state index in [1.54, 1.807) is 21.0 Å². The fraction of sp³-hybridized carbons (Fsp3) is 0.438. The van der Waals surface area contributed by atoms with E-state index in [1.165, 1.54) is 16.7 Å². The van der Waals surface area contributed by atoms with Crippen LogP contribution in [0.1, 0.15) is 12.5 Å². The van der Waals surface area contributed by atoms with E-state index in [-0.39, 0.29) is 30.0 Å². The lowest BCUT2D eigenvalue weighted by atomic mass is 10.2.